The fourth-order valence-corrected chi connectivity index (χ4v) is 1.76. The highest BCUT2D eigenvalue weighted by atomic mass is 32.2. The highest BCUT2D eigenvalue weighted by Crippen LogP contribution is 2.27. The summed E-state index contributed by atoms with van der Waals surface area (Å²) in [6, 6.07) is 11.8. The van der Waals surface area contributed by atoms with E-state index in [1.807, 2.05) is 6.07 Å². The molecule has 78 valence electrons. The van der Waals surface area contributed by atoms with Crippen LogP contribution in [0.25, 0.3) is 10.8 Å². The Kier molecular flexibility index (Phi) is 2.66. The third-order valence-corrected chi connectivity index (χ3v) is 2.55. The van der Waals surface area contributed by atoms with Crippen LogP contribution in [0.4, 0.5) is 10.2 Å². The zero-order valence-corrected chi connectivity index (χ0v) is 8.41. The molecule has 0 fully saturated rings. The first-order valence-electron chi connectivity index (χ1n) is 4.23. The van der Waals surface area contributed by atoms with Gasteiger partial charge in [0.05, 0.1) is 17.0 Å². The molecule has 0 aromatic heterocycles. The lowest BCUT2D eigenvalue weighted by Gasteiger charge is -2.17. The summed E-state index contributed by atoms with van der Waals surface area (Å²) in [6.07, 6.45) is 0. The Balaban J connectivity index is 2.65. The SMILES string of the molecule is O=S([O-])N(F)c1cccc2ccccc12. The highest BCUT2D eigenvalue weighted by Gasteiger charge is 2.08. The molecule has 15 heavy (non-hydrogen) atoms. The van der Waals surface area contributed by atoms with Gasteiger partial charge in [0.15, 0.2) is 0 Å². The third kappa shape index (κ3) is 1.84. The largest absolute Gasteiger partial charge is 0.753 e. The molecule has 0 aliphatic heterocycles. The van der Waals surface area contributed by atoms with Crippen molar-refractivity contribution in [3.05, 3.63) is 42.5 Å². The molecule has 0 spiro atoms. The number of hydrogen-bond acceptors (Lipinski definition) is 2. The first-order valence-corrected chi connectivity index (χ1v) is 5.26. The van der Waals surface area contributed by atoms with Gasteiger partial charge in [0.25, 0.3) is 0 Å². The molecular formula is C10H7FNO2S-. The van der Waals surface area contributed by atoms with Gasteiger partial charge in [0.2, 0.25) is 0 Å². The predicted octanol–water partition coefficient (Wildman–Crippen LogP) is 2.32. The fourth-order valence-electron chi connectivity index (χ4n) is 1.44. The lowest BCUT2D eigenvalue weighted by Crippen LogP contribution is -2.14. The van der Waals surface area contributed by atoms with Crippen molar-refractivity contribution in [1.82, 2.24) is 0 Å². The number of rotatable bonds is 2. The number of hydrogen-bond donors (Lipinski definition) is 0. The van der Waals surface area contributed by atoms with Crippen LogP contribution < -0.4 is 4.53 Å². The van der Waals surface area contributed by atoms with Crippen LogP contribution in [-0.4, -0.2) is 8.76 Å². The average molecular weight is 224 g/mol. The monoisotopic (exact) mass is 224 g/mol. The minimum atomic E-state index is -2.90. The van der Waals surface area contributed by atoms with Crippen LogP contribution in [-0.2, 0) is 11.3 Å². The Labute approximate surface area is 88.5 Å². The quantitative estimate of drug-likeness (QED) is 0.580. The van der Waals surface area contributed by atoms with E-state index in [1.165, 1.54) is 6.07 Å². The van der Waals surface area contributed by atoms with Crippen LogP contribution >= 0.6 is 0 Å². The summed E-state index contributed by atoms with van der Waals surface area (Å²) in [4.78, 5) is 0. The van der Waals surface area contributed by atoms with Crippen molar-refractivity contribution in [3.8, 4) is 0 Å². The number of halogens is 1. The van der Waals surface area contributed by atoms with Crippen molar-refractivity contribution in [2.24, 2.45) is 0 Å². The molecule has 3 nitrogen and oxygen atoms in total. The van der Waals surface area contributed by atoms with Crippen LogP contribution in [0, 0.1) is 0 Å². The van der Waals surface area contributed by atoms with Crippen LogP contribution in [0.5, 0.6) is 0 Å². The Hall–Kier alpha value is -1.46. The molecule has 0 aliphatic rings. The summed E-state index contributed by atoms with van der Waals surface area (Å²) in [6.45, 7) is 0. The normalized spacial score (nSPS) is 12.7. The van der Waals surface area contributed by atoms with Crippen LogP contribution in [0.1, 0.15) is 0 Å². The highest BCUT2D eigenvalue weighted by molar-refractivity contribution is 7.80. The molecule has 0 saturated heterocycles. The zero-order valence-electron chi connectivity index (χ0n) is 7.59. The second-order valence-corrected chi connectivity index (χ2v) is 3.72. The van der Waals surface area contributed by atoms with Crippen LogP contribution in [0.2, 0.25) is 0 Å². The molecule has 0 radical (unpaired) electrons. The molecule has 0 N–H and O–H groups in total. The zero-order chi connectivity index (χ0) is 10.8. The van der Waals surface area contributed by atoms with Crippen molar-refractivity contribution < 1.29 is 13.2 Å². The number of fused-ring (bicyclic) bond motifs is 1. The van der Waals surface area contributed by atoms with Gasteiger partial charge in [-0.1, -0.05) is 40.9 Å². The standard InChI is InChI=1S/C10H8FNO2S/c11-12(15(13)14)10-7-3-5-8-4-1-2-6-9(8)10/h1-7H,(H,13,14)/p-1. The minimum absolute atomic E-state index is 0.0291. The lowest BCUT2D eigenvalue weighted by molar-refractivity contribution is 0.466. The minimum Gasteiger partial charge on any atom is -0.753 e. The number of anilines is 1. The van der Waals surface area contributed by atoms with Crippen molar-refractivity contribution in [3.63, 3.8) is 0 Å². The van der Waals surface area contributed by atoms with E-state index in [-0.39, 0.29) is 10.2 Å². The first kappa shape index (κ1) is 10.1. The average Bonchev–Trinajstić information content (AvgIpc) is 2.27. The van der Waals surface area contributed by atoms with E-state index in [0.717, 1.165) is 5.39 Å². The van der Waals surface area contributed by atoms with Gasteiger partial charge >= 0.3 is 0 Å². The van der Waals surface area contributed by atoms with Crippen molar-refractivity contribution in [2.45, 2.75) is 0 Å². The summed E-state index contributed by atoms with van der Waals surface area (Å²) < 4.78 is 33.9. The molecule has 0 bridgehead atoms. The van der Waals surface area contributed by atoms with E-state index in [4.69, 9.17) is 0 Å². The molecule has 0 saturated carbocycles. The Morgan fingerprint density at radius 1 is 1.13 bits per heavy atom. The number of nitrogens with zero attached hydrogens (tertiary/aromatic N) is 1. The van der Waals surface area contributed by atoms with Gasteiger partial charge in [-0.15, -0.1) is 4.53 Å². The lowest BCUT2D eigenvalue weighted by atomic mass is 10.1. The van der Waals surface area contributed by atoms with Gasteiger partial charge in [-0.3, -0.25) is 0 Å². The predicted molar refractivity (Wildman–Crippen MR) is 56.5 cm³/mol. The molecule has 5 heteroatoms. The van der Waals surface area contributed by atoms with E-state index in [9.17, 15) is 13.2 Å². The van der Waals surface area contributed by atoms with Crippen molar-refractivity contribution in [2.75, 3.05) is 4.53 Å². The van der Waals surface area contributed by atoms with Gasteiger partial charge in [-0.2, -0.15) is 0 Å². The third-order valence-electron chi connectivity index (χ3n) is 2.09. The second-order valence-electron chi connectivity index (χ2n) is 2.96. The maximum Gasteiger partial charge on any atom is 0.0911 e. The van der Waals surface area contributed by atoms with E-state index in [0.29, 0.717) is 5.39 Å². The molecule has 2 aromatic carbocycles. The summed E-state index contributed by atoms with van der Waals surface area (Å²) in [5.41, 5.74) is 0.0291. The van der Waals surface area contributed by atoms with Crippen LogP contribution in [0.3, 0.4) is 0 Å². The number of benzene rings is 2. The van der Waals surface area contributed by atoms with E-state index >= 15 is 0 Å². The van der Waals surface area contributed by atoms with Crippen molar-refractivity contribution in [1.29, 1.82) is 0 Å². The van der Waals surface area contributed by atoms with Crippen molar-refractivity contribution >= 4 is 27.7 Å². The van der Waals surface area contributed by atoms with Gasteiger partial charge in [-0.05, 0) is 11.5 Å². The summed E-state index contributed by atoms with van der Waals surface area (Å²) in [5.74, 6) is 0. The van der Waals surface area contributed by atoms with Gasteiger partial charge in [0.1, 0.15) is 0 Å². The van der Waals surface area contributed by atoms with Crippen LogP contribution in [0.15, 0.2) is 42.5 Å². The van der Waals surface area contributed by atoms with Gasteiger partial charge < -0.3 is 4.55 Å². The molecule has 0 aliphatic carbocycles. The van der Waals surface area contributed by atoms with Gasteiger partial charge in [0, 0.05) is 5.39 Å². The van der Waals surface area contributed by atoms with E-state index in [2.05, 4.69) is 0 Å². The Morgan fingerprint density at radius 2 is 1.80 bits per heavy atom. The smallest absolute Gasteiger partial charge is 0.0911 e. The summed E-state index contributed by atoms with van der Waals surface area (Å²) in [5, 5.41) is 1.36. The molecule has 2 aromatic rings. The van der Waals surface area contributed by atoms with E-state index in [1.54, 1.807) is 30.3 Å². The van der Waals surface area contributed by atoms with Gasteiger partial charge in [-0.25, -0.2) is 4.21 Å². The second kappa shape index (κ2) is 3.96. The molecule has 2 rings (SSSR count). The maximum absolute atomic E-state index is 13.2. The Bertz CT molecular complexity index is 512. The van der Waals surface area contributed by atoms with E-state index < -0.39 is 11.3 Å². The maximum atomic E-state index is 13.2. The first-order chi connectivity index (χ1) is 7.20. The Morgan fingerprint density at radius 3 is 2.53 bits per heavy atom. The summed E-state index contributed by atoms with van der Waals surface area (Å²) >= 11 is -2.90. The fraction of sp³-hybridized carbons (Fsp3) is 0. The molecule has 0 heterocycles. The molecule has 0 amide bonds. The molecule has 1 unspecified atom stereocenters. The summed E-state index contributed by atoms with van der Waals surface area (Å²) in [7, 11) is 0. The topological polar surface area (TPSA) is 43.4 Å². The molecular weight excluding hydrogens is 217 g/mol. The molecule has 1 atom stereocenters.